The molecule has 2 aliphatic rings. The van der Waals surface area contributed by atoms with E-state index in [9.17, 15) is 9.90 Å². The number of hydrogen-bond donors (Lipinski definition) is 2. The molecule has 5 rings (SSSR count). The van der Waals surface area contributed by atoms with Crippen molar-refractivity contribution in [1.82, 2.24) is 14.5 Å². The van der Waals surface area contributed by atoms with Crippen LogP contribution in [0.15, 0.2) is 29.2 Å². The zero-order valence-corrected chi connectivity index (χ0v) is 18.0. The van der Waals surface area contributed by atoms with E-state index < -0.39 is 5.60 Å². The Balaban J connectivity index is 1.62. The third kappa shape index (κ3) is 3.79. The summed E-state index contributed by atoms with van der Waals surface area (Å²) in [6, 6.07) is 5.40. The number of nitrogens with one attached hydrogen (secondary N) is 1. The van der Waals surface area contributed by atoms with Crippen LogP contribution in [0.5, 0.6) is 0 Å². The van der Waals surface area contributed by atoms with Gasteiger partial charge in [-0.05, 0) is 62.5 Å². The summed E-state index contributed by atoms with van der Waals surface area (Å²) >= 11 is 6.21. The molecule has 7 heteroatoms. The van der Waals surface area contributed by atoms with Crippen LogP contribution in [-0.2, 0) is 0 Å². The lowest BCUT2D eigenvalue weighted by Crippen LogP contribution is -2.35. The summed E-state index contributed by atoms with van der Waals surface area (Å²) in [4.78, 5) is 22.8. The Morgan fingerprint density at radius 2 is 1.97 bits per heavy atom. The van der Waals surface area contributed by atoms with E-state index in [-0.39, 0.29) is 11.6 Å². The van der Waals surface area contributed by atoms with Crippen LogP contribution in [0.3, 0.4) is 0 Å². The predicted molar refractivity (Wildman–Crippen MR) is 120 cm³/mol. The second kappa shape index (κ2) is 7.50. The molecule has 0 spiro atoms. The normalized spacial score (nSPS) is 24.4. The van der Waals surface area contributed by atoms with E-state index in [2.05, 4.69) is 10.3 Å². The van der Waals surface area contributed by atoms with Crippen LogP contribution in [-0.4, -0.2) is 31.8 Å². The number of hydrogen-bond acceptors (Lipinski definition) is 5. The number of aromatic nitrogens is 3. The molecule has 0 atom stereocenters. The van der Waals surface area contributed by atoms with Crippen molar-refractivity contribution in [2.24, 2.45) is 5.92 Å². The third-order valence-corrected chi connectivity index (χ3v) is 6.88. The fraction of sp³-hybridized carbons (Fsp3) is 0.522. The molecule has 0 amide bonds. The van der Waals surface area contributed by atoms with Crippen molar-refractivity contribution in [2.45, 2.75) is 63.5 Å². The van der Waals surface area contributed by atoms with Crippen LogP contribution in [0.2, 0.25) is 5.02 Å². The van der Waals surface area contributed by atoms with Crippen LogP contribution in [0.1, 0.15) is 57.9 Å². The highest BCUT2D eigenvalue weighted by Crippen LogP contribution is 2.36. The molecule has 0 aliphatic heterocycles. The van der Waals surface area contributed by atoms with E-state index in [1.807, 2.05) is 23.8 Å². The Labute approximate surface area is 180 Å². The van der Waals surface area contributed by atoms with E-state index in [1.165, 1.54) is 12.8 Å². The van der Waals surface area contributed by atoms with Gasteiger partial charge in [-0.3, -0.25) is 9.36 Å². The second-order valence-electron chi connectivity index (χ2n) is 9.18. The second-order valence-corrected chi connectivity index (χ2v) is 9.62. The largest absolute Gasteiger partial charge is 0.390 e. The highest BCUT2D eigenvalue weighted by atomic mass is 35.5. The Morgan fingerprint density at radius 1 is 1.20 bits per heavy atom. The summed E-state index contributed by atoms with van der Waals surface area (Å²) in [5, 5.41) is 16.5. The van der Waals surface area contributed by atoms with Crippen molar-refractivity contribution >= 4 is 39.4 Å². The molecule has 1 aromatic carbocycles. The van der Waals surface area contributed by atoms with Crippen LogP contribution in [0.25, 0.3) is 21.8 Å². The van der Waals surface area contributed by atoms with Gasteiger partial charge in [-0.15, -0.1) is 0 Å². The average molecular weight is 427 g/mol. The van der Waals surface area contributed by atoms with E-state index in [0.717, 1.165) is 42.5 Å². The summed E-state index contributed by atoms with van der Waals surface area (Å²) < 4.78 is 1.82. The molecule has 2 N–H and O–H groups in total. The number of nitrogens with zero attached hydrogens (tertiary/aromatic N) is 3. The third-order valence-electron chi connectivity index (χ3n) is 6.65. The Bertz CT molecular complexity index is 1160. The van der Waals surface area contributed by atoms with Gasteiger partial charge >= 0.3 is 0 Å². The predicted octanol–water partition coefficient (Wildman–Crippen LogP) is 4.68. The van der Waals surface area contributed by atoms with Crippen LogP contribution in [0, 0.1) is 5.92 Å². The molecule has 3 aromatic rings. The molecule has 6 nitrogen and oxygen atoms in total. The Hall–Kier alpha value is -2.18. The topological polar surface area (TPSA) is 80.0 Å². The minimum absolute atomic E-state index is 0.00202. The zero-order valence-electron chi connectivity index (χ0n) is 17.2. The SMILES string of the molecule is C[C@]1(O)CC[C@H](n2c(=O)c3cc(Cl)ccc3c3cnc(NCCC4CC4)nc32)CC1. The van der Waals surface area contributed by atoms with Gasteiger partial charge in [-0.25, -0.2) is 4.98 Å². The van der Waals surface area contributed by atoms with Crippen molar-refractivity contribution in [3.8, 4) is 0 Å². The maximum atomic E-state index is 13.5. The van der Waals surface area contributed by atoms with Crippen molar-refractivity contribution in [3.63, 3.8) is 0 Å². The number of rotatable bonds is 5. The summed E-state index contributed by atoms with van der Waals surface area (Å²) in [6.07, 6.45) is 8.38. The first-order chi connectivity index (χ1) is 14.4. The van der Waals surface area contributed by atoms with Gasteiger partial charge in [-0.2, -0.15) is 4.98 Å². The average Bonchev–Trinajstić information content (AvgIpc) is 3.54. The molecule has 30 heavy (non-hydrogen) atoms. The summed E-state index contributed by atoms with van der Waals surface area (Å²) in [7, 11) is 0. The lowest BCUT2D eigenvalue weighted by atomic mass is 9.83. The quantitative estimate of drug-likeness (QED) is 0.579. The highest BCUT2D eigenvalue weighted by molar-refractivity contribution is 6.31. The summed E-state index contributed by atoms with van der Waals surface area (Å²) in [5.41, 5.74) is -0.0833. The first kappa shape index (κ1) is 19.8. The van der Waals surface area contributed by atoms with Crippen molar-refractivity contribution in [1.29, 1.82) is 0 Å². The standard InChI is InChI=1S/C23H27ClN4O2/c1-23(30)9-6-16(7-10-23)28-20-19(17-5-4-15(24)12-18(17)21(28)29)13-26-22(27-20)25-11-8-14-2-3-14/h4-5,12-14,16,30H,2-3,6-11H2,1H3,(H,25,26,27)/t16-,23-. The van der Waals surface area contributed by atoms with E-state index in [1.54, 1.807) is 12.1 Å². The molecule has 0 radical (unpaired) electrons. The smallest absolute Gasteiger partial charge is 0.260 e. The molecule has 2 fully saturated rings. The molecule has 2 saturated carbocycles. The lowest BCUT2D eigenvalue weighted by molar-refractivity contribution is 0.0100. The molecule has 0 unspecified atom stereocenters. The van der Waals surface area contributed by atoms with Crippen molar-refractivity contribution in [3.05, 3.63) is 39.8 Å². The maximum Gasteiger partial charge on any atom is 0.260 e. The van der Waals surface area contributed by atoms with Gasteiger partial charge in [0.05, 0.1) is 5.60 Å². The Morgan fingerprint density at radius 3 is 2.70 bits per heavy atom. The number of anilines is 1. The number of benzene rings is 1. The van der Waals surface area contributed by atoms with Gasteiger partial charge in [-0.1, -0.05) is 30.5 Å². The fourth-order valence-corrected chi connectivity index (χ4v) is 4.77. The summed E-state index contributed by atoms with van der Waals surface area (Å²) in [6.45, 7) is 2.71. The highest BCUT2D eigenvalue weighted by Gasteiger charge is 2.31. The van der Waals surface area contributed by atoms with Crippen LogP contribution < -0.4 is 10.9 Å². The van der Waals surface area contributed by atoms with Gasteiger partial charge in [0, 0.05) is 34.6 Å². The summed E-state index contributed by atoms with van der Waals surface area (Å²) in [5.74, 6) is 1.40. The molecular weight excluding hydrogens is 400 g/mol. The minimum atomic E-state index is -0.666. The molecule has 2 aromatic heterocycles. The zero-order chi connectivity index (χ0) is 20.9. The fourth-order valence-electron chi connectivity index (χ4n) is 4.60. The minimum Gasteiger partial charge on any atom is -0.390 e. The number of halogens is 1. The van der Waals surface area contributed by atoms with Gasteiger partial charge in [0.15, 0.2) is 0 Å². The molecular formula is C23H27ClN4O2. The molecule has 2 heterocycles. The van der Waals surface area contributed by atoms with Gasteiger partial charge in [0.1, 0.15) is 5.65 Å². The first-order valence-electron chi connectivity index (χ1n) is 10.9. The maximum absolute atomic E-state index is 13.5. The number of aliphatic hydroxyl groups is 1. The van der Waals surface area contributed by atoms with E-state index in [0.29, 0.717) is 34.8 Å². The molecule has 158 valence electrons. The van der Waals surface area contributed by atoms with Crippen LogP contribution >= 0.6 is 11.6 Å². The Kier molecular flexibility index (Phi) is 4.94. The molecule has 0 bridgehead atoms. The molecule has 2 aliphatic carbocycles. The number of fused-ring (bicyclic) bond motifs is 3. The van der Waals surface area contributed by atoms with Gasteiger partial charge < -0.3 is 10.4 Å². The lowest BCUT2D eigenvalue weighted by Gasteiger charge is -2.34. The number of pyridine rings is 1. The monoisotopic (exact) mass is 426 g/mol. The van der Waals surface area contributed by atoms with E-state index >= 15 is 0 Å². The van der Waals surface area contributed by atoms with Crippen molar-refractivity contribution < 1.29 is 5.11 Å². The van der Waals surface area contributed by atoms with Crippen LogP contribution in [0.4, 0.5) is 5.95 Å². The van der Waals surface area contributed by atoms with Gasteiger partial charge in [0.2, 0.25) is 5.95 Å². The van der Waals surface area contributed by atoms with Gasteiger partial charge in [0.25, 0.3) is 5.56 Å². The molecule has 0 saturated heterocycles. The van der Waals surface area contributed by atoms with E-state index in [4.69, 9.17) is 16.6 Å². The first-order valence-corrected chi connectivity index (χ1v) is 11.3. The van der Waals surface area contributed by atoms with Crippen molar-refractivity contribution in [2.75, 3.05) is 11.9 Å².